The zero-order valence-corrected chi connectivity index (χ0v) is 12.8. The average molecular weight is 292 g/mol. The van der Waals surface area contributed by atoms with Crippen LogP contribution in [0, 0.1) is 0 Å². The van der Waals surface area contributed by atoms with Crippen molar-refractivity contribution in [3.8, 4) is 0 Å². The first-order chi connectivity index (χ1) is 10.3. The van der Waals surface area contributed by atoms with Gasteiger partial charge in [0, 0.05) is 32.9 Å². The van der Waals surface area contributed by atoms with E-state index in [4.69, 9.17) is 9.72 Å². The first kappa shape index (κ1) is 14.5. The third kappa shape index (κ3) is 3.44. The molecule has 0 N–H and O–H groups in total. The number of rotatable bonds is 4. The van der Waals surface area contributed by atoms with Crippen LogP contribution in [-0.4, -0.2) is 58.6 Å². The summed E-state index contributed by atoms with van der Waals surface area (Å²) in [6.45, 7) is 5.63. The molecule has 3 heterocycles. The zero-order valence-electron chi connectivity index (χ0n) is 12.8. The lowest BCUT2D eigenvalue weighted by Crippen LogP contribution is -2.40. The van der Waals surface area contributed by atoms with Gasteiger partial charge in [-0.15, -0.1) is 0 Å². The van der Waals surface area contributed by atoms with Crippen LogP contribution >= 0.6 is 0 Å². The maximum Gasteiger partial charge on any atom is 0.249 e. The van der Waals surface area contributed by atoms with Crippen LogP contribution in [-0.2, 0) is 29.2 Å². The van der Waals surface area contributed by atoms with Crippen molar-refractivity contribution in [1.82, 2.24) is 19.4 Å². The Labute approximate surface area is 125 Å². The number of amides is 1. The van der Waals surface area contributed by atoms with Crippen LogP contribution in [0.25, 0.3) is 0 Å². The molecule has 2 aliphatic heterocycles. The lowest BCUT2D eigenvalue weighted by atomic mass is 10.1. The number of piperidine rings is 1. The summed E-state index contributed by atoms with van der Waals surface area (Å²) in [5.74, 6) is 1.04. The summed E-state index contributed by atoms with van der Waals surface area (Å²) < 4.78 is 7.12. The highest BCUT2D eigenvalue weighted by atomic mass is 16.5. The van der Waals surface area contributed by atoms with Crippen LogP contribution in [0.4, 0.5) is 0 Å². The highest BCUT2D eigenvalue weighted by Gasteiger charge is 2.23. The van der Waals surface area contributed by atoms with E-state index in [1.807, 2.05) is 4.90 Å². The van der Waals surface area contributed by atoms with Crippen molar-refractivity contribution in [2.24, 2.45) is 0 Å². The summed E-state index contributed by atoms with van der Waals surface area (Å²) in [7, 11) is 1.56. The van der Waals surface area contributed by atoms with Gasteiger partial charge in [-0.05, 0) is 25.9 Å². The first-order valence-corrected chi connectivity index (χ1v) is 7.80. The fourth-order valence-corrected chi connectivity index (χ4v) is 3.16. The van der Waals surface area contributed by atoms with Gasteiger partial charge in [0.1, 0.15) is 12.4 Å². The van der Waals surface area contributed by atoms with Gasteiger partial charge in [-0.2, -0.15) is 0 Å². The molecular formula is C15H24N4O2. The summed E-state index contributed by atoms with van der Waals surface area (Å²) >= 11 is 0. The van der Waals surface area contributed by atoms with E-state index in [0.29, 0.717) is 6.54 Å². The van der Waals surface area contributed by atoms with Crippen molar-refractivity contribution in [3.63, 3.8) is 0 Å². The molecule has 0 spiro atoms. The maximum absolute atomic E-state index is 11.9. The lowest BCUT2D eigenvalue weighted by Gasteiger charge is -2.27. The second-order valence-electron chi connectivity index (χ2n) is 5.93. The molecule has 6 nitrogen and oxygen atoms in total. The second kappa shape index (κ2) is 6.58. The van der Waals surface area contributed by atoms with E-state index in [-0.39, 0.29) is 12.5 Å². The van der Waals surface area contributed by atoms with Crippen LogP contribution in [0.15, 0.2) is 6.20 Å². The molecule has 0 aliphatic carbocycles. The number of fused-ring (bicyclic) bond motifs is 1. The predicted octanol–water partition coefficient (Wildman–Crippen LogP) is 0.858. The van der Waals surface area contributed by atoms with Crippen LogP contribution < -0.4 is 0 Å². The number of likely N-dealkylation sites (tertiary alicyclic amines) is 1. The Morgan fingerprint density at radius 3 is 2.81 bits per heavy atom. The Morgan fingerprint density at radius 2 is 2.05 bits per heavy atom. The van der Waals surface area contributed by atoms with Crippen LogP contribution in [0.5, 0.6) is 0 Å². The molecule has 3 rings (SSSR count). The molecule has 0 radical (unpaired) electrons. The van der Waals surface area contributed by atoms with Crippen molar-refractivity contribution in [3.05, 3.63) is 17.7 Å². The van der Waals surface area contributed by atoms with Gasteiger partial charge in [-0.1, -0.05) is 6.42 Å². The minimum absolute atomic E-state index is 0.0457. The Morgan fingerprint density at radius 1 is 1.24 bits per heavy atom. The van der Waals surface area contributed by atoms with Gasteiger partial charge < -0.3 is 14.2 Å². The molecule has 0 atom stereocenters. The average Bonchev–Trinajstić information content (AvgIpc) is 2.89. The first-order valence-electron chi connectivity index (χ1n) is 7.80. The van der Waals surface area contributed by atoms with Gasteiger partial charge >= 0.3 is 0 Å². The number of aromatic nitrogens is 2. The van der Waals surface area contributed by atoms with Crippen molar-refractivity contribution in [2.45, 2.75) is 38.9 Å². The summed E-state index contributed by atoms with van der Waals surface area (Å²) in [5, 5.41) is 0. The van der Waals surface area contributed by atoms with E-state index in [1.54, 1.807) is 7.11 Å². The predicted molar refractivity (Wildman–Crippen MR) is 78.6 cm³/mol. The van der Waals surface area contributed by atoms with Crippen molar-refractivity contribution in [1.29, 1.82) is 0 Å². The standard InChI is InChI=1S/C15H24N4O2/c1-21-12-15(20)19-8-7-18-10-13(16-14(18)11-19)9-17-5-3-2-4-6-17/h10H,2-9,11-12H2,1H3. The number of carbonyl (C=O) groups is 1. The Balaban J connectivity index is 1.62. The highest BCUT2D eigenvalue weighted by Crippen LogP contribution is 2.16. The summed E-state index contributed by atoms with van der Waals surface area (Å²) in [6, 6.07) is 0. The van der Waals surface area contributed by atoms with Gasteiger partial charge in [0.25, 0.3) is 0 Å². The molecule has 1 fully saturated rings. The monoisotopic (exact) mass is 292 g/mol. The number of methoxy groups -OCH3 is 1. The van der Waals surface area contributed by atoms with Gasteiger partial charge in [-0.3, -0.25) is 9.69 Å². The summed E-state index contributed by atoms with van der Waals surface area (Å²) in [6.07, 6.45) is 6.11. The number of hydrogen-bond donors (Lipinski definition) is 0. The third-order valence-corrected chi connectivity index (χ3v) is 4.31. The highest BCUT2D eigenvalue weighted by molar-refractivity contribution is 5.77. The molecule has 0 saturated carbocycles. The van der Waals surface area contributed by atoms with Crippen LogP contribution in [0.1, 0.15) is 30.8 Å². The third-order valence-electron chi connectivity index (χ3n) is 4.31. The number of ether oxygens (including phenoxy) is 1. The van der Waals surface area contributed by atoms with Crippen LogP contribution in [0.3, 0.4) is 0 Å². The molecular weight excluding hydrogens is 268 g/mol. The van der Waals surface area contributed by atoms with E-state index >= 15 is 0 Å². The van der Waals surface area contributed by atoms with Crippen molar-refractivity contribution < 1.29 is 9.53 Å². The number of hydrogen-bond acceptors (Lipinski definition) is 4. The Bertz CT molecular complexity index is 494. The molecule has 6 heteroatoms. The van der Waals surface area contributed by atoms with E-state index in [1.165, 1.54) is 32.4 Å². The Kier molecular flexibility index (Phi) is 4.55. The number of nitrogens with zero attached hydrogens (tertiary/aromatic N) is 4. The SMILES string of the molecule is COCC(=O)N1CCn2cc(CN3CCCCC3)nc2C1. The van der Waals surface area contributed by atoms with Crippen molar-refractivity contribution in [2.75, 3.05) is 33.4 Å². The molecule has 1 amide bonds. The molecule has 2 aliphatic rings. The normalized spacial score (nSPS) is 19.6. The second-order valence-corrected chi connectivity index (χ2v) is 5.93. The molecule has 0 unspecified atom stereocenters. The zero-order chi connectivity index (χ0) is 14.7. The van der Waals surface area contributed by atoms with Gasteiger partial charge in [0.2, 0.25) is 5.91 Å². The van der Waals surface area contributed by atoms with Gasteiger partial charge in [0.05, 0.1) is 12.2 Å². The molecule has 21 heavy (non-hydrogen) atoms. The van der Waals surface area contributed by atoms with E-state index in [9.17, 15) is 4.79 Å². The topological polar surface area (TPSA) is 50.6 Å². The number of imidazole rings is 1. The molecule has 1 aromatic rings. The fourth-order valence-electron chi connectivity index (χ4n) is 3.16. The van der Waals surface area contributed by atoms with Crippen molar-refractivity contribution >= 4 is 5.91 Å². The fraction of sp³-hybridized carbons (Fsp3) is 0.733. The smallest absolute Gasteiger partial charge is 0.249 e. The minimum Gasteiger partial charge on any atom is -0.375 e. The summed E-state index contributed by atoms with van der Waals surface area (Å²) in [5.41, 5.74) is 1.13. The summed E-state index contributed by atoms with van der Waals surface area (Å²) in [4.78, 5) is 20.9. The van der Waals surface area contributed by atoms with Gasteiger partial charge in [0.15, 0.2) is 0 Å². The molecule has 116 valence electrons. The molecule has 1 saturated heterocycles. The quantitative estimate of drug-likeness (QED) is 0.826. The molecule has 0 bridgehead atoms. The van der Waals surface area contributed by atoms with E-state index in [2.05, 4.69) is 15.7 Å². The lowest BCUT2D eigenvalue weighted by molar-refractivity contribution is -0.136. The molecule has 0 aromatic carbocycles. The van der Waals surface area contributed by atoms with E-state index in [0.717, 1.165) is 31.2 Å². The number of carbonyl (C=O) groups excluding carboxylic acids is 1. The Hall–Kier alpha value is -1.40. The molecule has 1 aromatic heterocycles. The van der Waals surface area contributed by atoms with E-state index < -0.39 is 0 Å². The van der Waals surface area contributed by atoms with Crippen LogP contribution in [0.2, 0.25) is 0 Å². The van der Waals surface area contributed by atoms with Gasteiger partial charge in [-0.25, -0.2) is 4.98 Å². The minimum atomic E-state index is 0.0457. The largest absolute Gasteiger partial charge is 0.375 e. The maximum atomic E-state index is 11.9.